The molecule has 2 atom stereocenters. The van der Waals surface area contributed by atoms with Gasteiger partial charge in [0.05, 0.1) is 6.04 Å². The fraction of sp³-hybridized carbons (Fsp3) is 0.556. The van der Waals surface area contributed by atoms with Crippen molar-refractivity contribution in [3.63, 3.8) is 0 Å². The number of aromatic nitrogens is 2. The number of thiophene rings is 1. The van der Waals surface area contributed by atoms with Crippen LogP contribution in [0.15, 0.2) is 23.8 Å². The second kappa shape index (κ2) is 7.75. The van der Waals surface area contributed by atoms with Crippen LogP contribution in [0.2, 0.25) is 0 Å². The van der Waals surface area contributed by atoms with Gasteiger partial charge in [0, 0.05) is 43.8 Å². The molecule has 2 aromatic rings. The summed E-state index contributed by atoms with van der Waals surface area (Å²) in [6.07, 6.45) is -1.65. The molecule has 0 spiro atoms. The standard InChI is InChI=1S/C18H23F3N4O2S/c1-3-13-12-5-11-28-14(12)4-9-25(13)16(26)23-7-6-17(27,18(19,20)21)15-22-8-10-24(15)2/h5,8,10-11,13,27H,3-4,6-7,9H2,1-2H3,(H,23,26)/t13-,17-/m0/s1. The SMILES string of the molecule is CC[C@H]1c2ccsc2CCN1C(=O)NCC[C@](O)(c1nccn1C)C(F)(F)F. The number of rotatable bonds is 5. The lowest BCUT2D eigenvalue weighted by Gasteiger charge is -2.36. The first-order valence-corrected chi connectivity index (χ1v) is 9.94. The van der Waals surface area contributed by atoms with Gasteiger partial charge in [-0.15, -0.1) is 11.3 Å². The van der Waals surface area contributed by atoms with Crippen molar-refractivity contribution in [3.05, 3.63) is 40.1 Å². The molecule has 0 bridgehead atoms. The van der Waals surface area contributed by atoms with Crippen LogP contribution < -0.4 is 5.32 Å². The minimum atomic E-state index is -4.92. The Labute approximate surface area is 165 Å². The average molecular weight is 416 g/mol. The molecule has 0 aliphatic carbocycles. The Kier molecular flexibility index (Phi) is 5.72. The van der Waals surface area contributed by atoms with Crippen molar-refractivity contribution in [3.8, 4) is 0 Å². The maximum Gasteiger partial charge on any atom is 0.424 e. The fourth-order valence-electron chi connectivity index (χ4n) is 3.68. The number of fused-ring (bicyclic) bond motifs is 1. The van der Waals surface area contributed by atoms with Crippen molar-refractivity contribution in [2.45, 2.75) is 44.0 Å². The van der Waals surface area contributed by atoms with Gasteiger partial charge in [0.1, 0.15) is 5.82 Å². The molecule has 0 unspecified atom stereocenters. The molecule has 0 aromatic carbocycles. The molecule has 1 aliphatic rings. The van der Waals surface area contributed by atoms with Gasteiger partial charge in [-0.25, -0.2) is 9.78 Å². The van der Waals surface area contributed by atoms with Crippen LogP contribution in [0.1, 0.15) is 42.1 Å². The van der Waals surface area contributed by atoms with Crippen molar-refractivity contribution < 1.29 is 23.1 Å². The lowest BCUT2D eigenvalue weighted by Crippen LogP contribution is -2.49. The molecule has 0 saturated carbocycles. The van der Waals surface area contributed by atoms with Crippen molar-refractivity contribution in [1.29, 1.82) is 0 Å². The number of hydrogen-bond donors (Lipinski definition) is 2. The third-order valence-electron chi connectivity index (χ3n) is 5.17. The molecule has 3 rings (SSSR count). The zero-order valence-electron chi connectivity index (χ0n) is 15.7. The number of carbonyl (C=O) groups excluding carboxylic acids is 1. The topological polar surface area (TPSA) is 70.4 Å². The summed E-state index contributed by atoms with van der Waals surface area (Å²) in [7, 11) is 1.38. The average Bonchev–Trinajstić information content (AvgIpc) is 3.28. The molecular weight excluding hydrogens is 393 g/mol. The summed E-state index contributed by atoms with van der Waals surface area (Å²) in [5.41, 5.74) is -2.03. The maximum absolute atomic E-state index is 13.5. The molecular formula is C18H23F3N4O2S. The van der Waals surface area contributed by atoms with E-state index in [4.69, 9.17) is 0 Å². The summed E-state index contributed by atoms with van der Waals surface area (Å²) in [4.78, 5) is 19.2. The highest BCUT2D eigenvalue weighted by molar-refractivity contribution is 7.10. The van der Waals surface area contributed by atoms with E-state index in [0.717, 1.165) is 23.0 Å². The lowest BCUT2D eigenvalue weighted by molar-refractivity contribution is -0.272. The Hall–Kier alpha value is -2.07. The largest absolute Gasteiger partial charge is 0.424 e. The zero-order chi connectivity index (χ0) is 20.5. The second-order valence-electron chi connectivity index (χ2n) is 6.87. The smallest absolute Gasteiger partial charge is 0.374 e. The molecule has 0 saturated heterocycles. The van der Waals surface area contributed by atoms with Crippen LogP contribution in [0.25, 0.3) is 0 Å². The molecule has 28 heavy (non-hydrogen) atoms. The fourth-order valence-corrected chi connectivity index (χ4v) is 4.60. The molecule has 154 valence electrons. The van der Waals surface area contributed by atoms with Gasteiger partial charge in [-0.05, 0) is 29.9 Å². The van der Waals surface area contributed by atoms with Gasteiger partial charge in [-0.2, -0.15) is 13.2 Å². The van der Waals surface area contributed by atoms with Crippen LogP contribution >= 0.6 is 11.3 Å². The third-order valence-corrected chi connectivity index (χ3v) is 6.16. The van der Waals surface area contributed by atoms with Gasteiger partial charge in [-0.3, -0.25) is 0 Å². The van der Waals surface area contributed by atoms with E-state index < -0.39 is 30.1 Å². The summed E-state index contributed by atoms with van der Waals surface area (Å²) >= 11 is 1.66. The predicted octanol–water partition coefficient (Wildman–Crippen LogP) is 3.34. The van der Waals surface area contributed by atoms with Crippen LogP contribution in [-0.2, 0) is 19.1 Å². The van der Waals surface area contributed by atoms with Gasteiger partial charge < -0.3 is 19.9 Å². The van der Waals surface area contributed by atoms with E-state index in [2.05, 4.69) is 10.3 Å². The summed E-state index contributed by atoms with van der Waals surface area (Å²) in [6.45, 7) is 2.16. The first kappa shape index (κ1) is 20.7. The van der Waals surface area contributed by atoms with E-state index in [-0.39, 0.29) is 12.6 Å². The van der Waals surface area contributed by atoms with E-state index in [1.807, 2.05) is 18.4 Å². The maximum atomic E-state index is 13.5. The van der Waals surface area contributed by atoms with Crippen LogP contribution in [0.3, 0.4) is 0 Å². The van der Waals surface area contributed by atoms with Gasteiger partial charge in [0.15, 0.2) is 0 Å². The summed E-state index contributed by atoms with van der Waals surface area (Å²) < 4.78 is 41.8. The van der Waals surface area contributed by atoms with Crippen molar-refractivity contribution in [2.24, 2.45) is 7.05 Å². The van der Waals surface area contributed by atoms with E-state index >= 15 is 0 Å². The quantitative estimate of drug-likeness (QED) is 0.786. The highest BCUT2D eigenvalue weighted by Crippen LogP contribution is 2.40. The molecule has 3 heterocycles. The molecule has 0 fully saturated rings. The number of amides is 2. The number of aliphatic hydroxyl groups is 1. The number of urea groups is 1. The summed E-state index contributed by atoms with van der Waals surface area (Å²) in [5, 5.41) is 14.9. The molecule has 2 aromatic heterocycles. The first-order chi connectivity index (χ1) is 13.2. The zero-order valence-corrected chi connectivity index (χ0v) is 16.5. The van der Waals surface area contributed by atoms with Crippen LogP contribution in [-0.4, -0.2) is 44.9 Å². The minimum Gasteiger partial charge on any atom is -0.374 e. The van der Waals surface area contributed by atoms with Gasteiger partial charge in [-0.1, -0.05) is 6.92 Å². The Balaban J connectivity index is 1.68. The van der Waals surface area contributed by atoms with Crippen molar-refractivity contribution >= 4 is 17.4 Å². The second-order valence-corrected chi connectivity index (χ2v) is 7.87. The van der Waals surface area contributed by atoms with E-state index in [1.54, 1.807) is 16.2 Å². The van der Waals surface area contributed by atoms with Crippen LogP contribution in [0.5, 0.6) is 0 Å². The number of alkyl halides is 3. The van der Waals surface area contributed by atoms with E-state index in [0.29, 0.717) is 6.54 Å². The number of imidazole rings is 1. The van der Waals surface area contributed by atoms with E-state index in [9.17, 15) is 23.1 Å². The van der Waals surface area contributed by atoms with Crippen molar-refractivity contribution in [2.75, 3.05) is 13.1 Å². The molecule has 2 amide bonds. The normalized spacial score (nSPS) is 19.2. The monoisotopic (exact) mass is 416 g/mol. The van der Waals surface area contributed by atoms with Crippen LogP contribution in [0, 0.1) is 0 Å². The predicted molar refractivity (Wildman–Crippen MR) is 98.9 cm³/mol. The number of carbonyl (C=O) groups is 1. The lowest BCUT2D eigenvalue weighted by atomic mass is 9.97. The highest BCUT2D eigenvalue weighted by Gasteiger charge is 2.57. The Morgan fingerprint density at radius 1 is 1.46 bits per heavy atom. The Bertz CT molecular complexity index is 835. The van der Waals surface area contributed by atoms with Crippen LogP contribution in [0.4, 0.5) is 18.0 Å². The van der Waals surface area contributed by atoms with E-state index in [1.165, 1.54) is 24.3 Å². The number of halogens is 3. The molecule has 6 nitrogen and oxygen atoms in total. The number of aryl methyl sites for hydroxylation is 1. The van der Waals surface area contributed by atoms with Gasteiger partial charge in [0.25, 0.3) is 0 Å². The Morgan fingerprint density at radius 2 is 2.21 bits per heavy atom. The highest BCUT2D eigenvalue weighted by atomic mass is 32.1. The van der Waals surface area contributed by atoms with Gasteiger partial charge >= 0.3 is 12.2 Å². The van der Waals surface area contributed by atoms with Gasteiger partial charge in [0.2, 0.25) is 5.60 Å². The third kappa shape index (κ3) is 3.62. The molecule has 0 radical (unpaired) electrons. The number of nitrogens with one attached hydrogen (secondary N) is 1. The number of hydrogen-bond acceptors (Lipinski definition) is 4. The minimum absolute atomic E-state index is 0.0916. The summed E-state index contributed by atoms with van der Waals surface area (Å²) in [5.74, 6) is -0.499. The summed E-state index contributed by atoms with van der Waals surface area (Å²) in [6, 6.07) is 1.48. The molecule has 2 N–H and O–H groups in total. The molecule has 10 heteroatoms. The molecule has 1 aliphatic heterocycles. The number of nitrogens with zero attached hydrogens (tertiary/aromatic N) is 3. The Morgan fingerprint density at radius 3 is 2.82 bits per heavy atom. The van der Waals surface area contributed by atoms with Crippen molar-refractivity contribution in [1.82, 2.24) is 19.8 Å². The first-order valence-electron chi connectivity index (χ1n) is 9.06.